The SMILES string of the molecule is CCC(CCI)CCI. The summed E-state index contributed by atoms with van der Waals surface area (Å²) in [6.45, 7) is 2.29. The third kappa shape index (κ3) is 5.88. The zero-order valence-electron chi connectivity index (χ0n) is 5.87. The van der Waals surface area contributed by atoms with Crippen molar-refractivity contribution >= 4 is 45.2 Å². The Hall–Kier alpha value is 1.46. The number of halogens is 2. The molecule has 0 amide bonds. The van der Waals surface area contributed by atoms with E-state index in [1.165, 1.54) is 28.1 Å². The molecule has 0 bridgehead atoms. The van der Waals surface area contributed by atoms with Gasteiger partial charge in [0.15, 0.2) is 0 Å². The second kappa shape index (κ2) is 7.57. The highest BCUT2D eigenvalue weighted by Crippen LogP contribution is 2.15. The minimum absolute atomic E-state index is 0.999. The van der Waals surface area contributed by atoms with E-state index in [1.54, 1.807) is 0 Å². The van der Waals surface area contributed by atoms with Crippen LogP contribution in [0.4, 0.5) is 0 Å². The highest BCUT2D eigenvalue weighted by atomic mass is 127. The monoisotopic (exact) mass is 352 g/mol. The van der Waals surface area contributed by atoms with Crippen molar-refractivity contribution in [2.45, 2.75) is 26.2 Å². The number of rotatable bonds is 5. The summed E-state index contributed by atoms with van der Waals surface area (Å²) in [5.74, 6) is 0.999. The zero-order chi connectivity index (χ0) is 7.11. The fraction of sp³-hybridized carbons (Fsp3) is 1.00. The molecule has 0 saturated heterocycles. The van der Waals surface area contributed by atoms with E-state index in [9.17, 15) is 0 Å². The van der Waals surface area contributed by atoms with Gasteiger partial charge in [0.1, 0.15) is 0 Å². The van der Waals surface area contributed by atoms with Gasteiger partial charge in [0.2, 0.25) is 0 Å². The first kappa shape index (κ1) is 10.5. The maximum Gasteiger partial charge on any atom is -0.000209 e. The lowest BCUT2D eigenvalue weighted by Crippen LogP contribution is -1.99. The Labute approximate surface area is 85.5 Å². The predicted molar refractivity (Wildman–Crippen MR) is 60.8 cm³/mol. The second-order valence-corrected chi connectivity index (χ2v) is 4.39. The largest absolute Gasteiger partial charge is 0.0864 e. The molecular formula is C7H14I2. The summed E-state index contributed by atoms with van der Waals surface area (Å²) in [5, 5.41) is 0. The first-order valence-corrected chi connectivity index (χ1v) is 6.52. The van der Waals surface area contributed by atoms with Crippen molar-refractivity contribution in [1.29, 1.82) is 0 Å². The fourth-order valence-corrected chi connectivity index (χ4v) is 2.62. The molecule has 0 unspecified atom stereocenters. The average Bonchev–Trinajstić information content (AvgIpc) is 1.88. The van der Waals surface area contributed by atoms with E-state index in [2.05, 4.69) is 52.1 Å². The number of hydrogen-bond donors (Lipinski definition) is 0. The molecule has 0 N–H and O–H groups in total. The highest BCUT2D eigenvalue weighted by molar-refractivity contribution is 14.1. The lowest BCUT2D eigenvalue weighted by molar-refractivity contribution is 0.490. The van der Waals surface area contributed by atoms with Gasteiger partial charge in [0.25, 0.3) is 0 Å². The van der Waals surface area contributed by atoms with Gasteiger partial charge in [0.05, 0.1) is 0 Å². The molecule has 0 fully saturated rings. The average molecular weight is 352 g/mol. The van der Waals surface area contributed by atoms with Crippen LogP contribution in [0.5, 0.6) is 0 Å². The summed E-state index contributed by atoms with van der Waals surface area (Å²) in [5.41, 5.74) is 0. The Morgan fingerprint density at radius 3 is 1.78 bits per heavy atom. The van der Waals surface area contributed by atoms with Crippen LogP contribution in [0, 0.1) is 5.92 Å². The molecule has 0 nitrogen and oxygen atoms in total. The molecule has 0 rings (SSSR count). The van der Waals surface area contributed by atoms with Gasteiger partial charge in [-0.1, -0.05) is 58.5 Å². The molecule has 9 heavy (non-hydrogen) atoms. The van der Waals surface area contributed by atoms with E-state index in [1.807, 2.05) is 0 Å². The molecule has 0 spiro atoms. The van der Waals surface area contributed by atoms with Crippen molar-refractivity contribution < 1.29 is 0 Å². The van der Waals surface area contributed by atoms with Crippen molar-refractivity contribution in [2.75, 3.05) is 8.86 Å². The minimum atomic E-state index is 0.999. The van der Waals surface area contributed by atoms with E-state index in [4.69, 9.17) is 0 Å². The van der Waals surface area contributed by atoms with Gasteiger partial charge >= 0.3 is 0 Å². The zero-order valence-corrected chi connectivity index (χ0v) is 10.2. The first-order chi connectivity index (χ1) is 4.35. The van der Waals surface area contributed by atoms with Crippen LogP contribution in [0.25, 0.3) is 0 Å². The molecule has 0 aliphatic carbocycles. The summed E-state index contributed by atoms with van der Waals surface area (Å²) in [6.07, 6.45) is 4.20. The van der Waals surface area contributed by atoms with Crippen LogP contribution in [-0.2, 0) is 0 Å². The van der Waals surface area contributed by atoms with Crippen molar-refractivity contribution in [1.82, 2.24) is 0 Å². The molecular weight excluding hydrogens is 338 g/mol. The molecule has 0 atom stereocenters. The third-order valence-electron chi connectivity index (χ3n) is 1.61. The van der Waals surface area contributed by atoms with Gasteiger partial charge in [-0.3, -0.25) is 0 Å². The summed E-state index contributed by atoms with van der Waals surface area (Å²) in [7, 11) is 0. The Morgan fingerprint density at radius 2 is 1.56 bits per heavy atom. The van der Waals surface area contributed by atoms with E-state index in [0.717, 1.165) is 5.92 Å². The van der Waals surface area contributed by atoms with E-state index >= 15 is 0 Å². The quantitative estimate of drug-likeness (QED) is 0.523. The first-order valence-electron chi connectivity index (χ1n) is 3.47. The summed E-state index contributed by atoms with van der Waals surface area (Å²) >= 11 is 4.93. The third-order valence-corrected chi connectivity index (χ3v) is 2.86. The van der Waals surface area contributed by atoms with Gasteiger partial charge in [-0.05, 0) is 27.6 Å². The molecule has 0 aliphatic rings. The predicted octanol–water partition coefficient (Wildman–Crippen LogP) is 3.66. The van der Waals surface area contributed by atoms with Gasteiger partial charge in [-0.15, -0.1) is 0 Å². The van der Waals surface area contributed by atoms with Crippen molar-refractivity contribution in [3.63, 3.8) is 0 Å². The van der Waals surface area contributed by atoms with Gasteiger partial charge in [-0.25, -0.2) is 0 Å². The topological polar surface area (TPSA) is 0 Å². The number of hydrogen-bond acceptors (Lipinski definition) is 0. The fourth-order valence-electron chi connectivity index (χ4n) is 0.861. The van der Waals surface area contributed by atoms with Crippen LogP contribution < -0.4 is 0 Å². The van der Waals surface area contributed by atoms with Gasteiger partial charge in [0, 0.05) is 0 Å². The maximum atomic E-state index is 2.46. The van der Waals surface area contributed by atoms with Crippen LogP contribution in [0.2, 0.25) is 0 Å². The molecule has 0 heterocycles. The van der Waals surface area contributed by atoms with Crippen LogP contribution in [0.3, 0.4) is 0 Å². The smallest absolute Gasteiger partial charge is 0.000209 e. The second-order valence-electron chi connectivity index (χ2n) is 2.23. The van der Waals surface area contributed by atoms with E-state index in [-0.39, 0.29) is 0 Å². The molecule has 0 aliphatic heterocycles. The molecule has 0 saturated carbocycles. The lowest BCUT2D eigenvalue weighted by Gasteiger charge is -2.09. The van der Waals surface area contributed by atoms with Gasteiger partial charge in [-0.2, -0.15) is 0 Å². The molecule has 56 valence electrons. The van der Waals surface area contributed by atoms with Crippen LogP contribution >= 0.6 is 45.2 Å². The molecule has 0 aromatic carbocycles. The van der Waals surface area contributed by atoms with Gasteiger partial charge < -0.3 is 0 Å². The maximum absolute atomic E-state index is 2.46. The minimum Gasteiger partial charge on any atom is -0.0864 e. The Bertz CT molecular complexity index is 48.9. The molecule has 2 heteroatoms. The Morgan fingerprint density at radius 1 is 1.11 bits per heavy atom. The van der Waals surface area contributed by atoms with Crippen LogP contribution in [-0.4, -0.2) is 8.86 Å². The Balaban J connectivity index is 3.18. The molecule has 0 radical (unpaired) electrons. The van der Waals surface area contributed by atoms with E-state index in [0.29, 0.717) is 0 Å². The Kier molecular flexibility index (Phi) is 8.79. The standard InChI is InChI=1S/C7H14I2/c1-2-7(3-5-8)4-6-9/h7H,2-6H2,1H3. The van der Waals surface area contributed by atoms with E-state index < -0.39 is 0 Å². The van der Waals surface area contributed by atoms with Crippen LogP contribution in [0.1, 0.15) is 26.2 Å². The molecule has 0 aromatic rings. The highest BCUT2D eigenvalue weighted by Gasteiger charge is 2.02. The lowest BCUT2D eigenvalue weighted by atomic mass is 10.0. The van der Waals surface area contributed by atoms with Crippen molar-refractivity contribution in [3.8, 4) is 0 Å². The summed E-state index contributed by atoms with van der Waals surface area (Å²) < 4.78 is 2.65. The summed E-state index contributed by atoms with van der Waals surface area (Å²) in [6, 6.07) is 0. The van der Waals surface area contributed by atoms with Crippen LogP contribution in [0.15, 0.2) is 0 Å². The normalized spacial score (nSPS) is 10.7. The van der Waals surface area contributed by atoms with Crippen molar-refractivity contribution in [2.24, 2.45) is 5.92 Å². The summed E-state index contributed by atoms with van der Waals surface area (Å²) in [4.78, 5) is 0. The molecule has 0 aromatic heterocycles. The van der Waals surface area contributed by atoms with Crippen molar-refractivity contribution in [3.05, 3.63) is 0 Å². The number of alkyl halides is 2.